The maximum absolute atomic E-state index is 12.9. The van der Waals surface area contributed by atoms with E-state index in [0.717, 1.165) is 0 Å². The van der Waals surface area contributed by atoms with Crippen LogP contribution in [0.4, 0.5) is 8.78 Å². The molecule has 0 radical (unpaired) electrons. The van der Waals surface area contributed by atoms with Crippen molar-refractivity contribution in [2.24, 2.45) is 0 Å². The molecule has 1 rings (SSSR count). The van der Waals surface area contributed by atoms with E-state index < -0.39 is 9.85 Å². The fraction of sp³-hybridized carbons (Fsp3) is 0.333. The Hall–Kier alpha value is 0.550. The highest BCUT2D eigenvalue weighted by atomic mass is 127. The van der Waals surface area contributed by atoms with Crippen molar-refractivity contribution in [1.29, 1.82) is 0 Å². The average molecular weight is 321 g/mol. The largest absolute Gasteiger partial charge is 0.237 e. The van der Waals surface area contributed by atoms with E-state index in [4.69, 9.17) is 0 Å². The first-order valence-corrected chi connectivity index (χ1v) is 4.48. The Morgan fingerprint density at radius 1 is 1.70 bits per heavy atom. The van der Waals surface area contributed by atoms with Gasteiger partial charge in [0.05, 0.1) is 0 Å². The maximum atomic E-state index is 12.9. The number of hydrogen-bond acceptors (Lipinski definition) is 0. The fourth-order valence-electron chi connectivity index (χ4n) is 0.616. The predicted octanol–water partition coefficient (Wildman–Crippen LogP) is 3.27. The lowest BCUT2D eigenvalue weighted by Gasteiger charge is -2.15. The molecular weight excluding hydrogens is 317 g/mol. The number of rotatable bonds is 0. The average Bonchev–Trinajstić information content (AvgIpc) is 1.79. The third kappa shape index (κ3) is 2.02. The standard InChI is InChI=1S/C6H4BrF2I/c7-4-3-6(9,10)2-1-5(4)8/h1-3,5H. The first-order valence-electron chi connectivity index (χ1n) is 2.61. The second-order valence-corrected chi connectivity index (χ2v) is 4.53. The van der Waals surface area contributed by atoms with E-state index >= 15 is 0 Å². The van der Waals surface area contributed by atoms with Crippen LogP contribution in [0.1, 0.15) is 0 Å². The molecule has 1 aliphatic rings. The zero-order valence-corrected chi connectivity index (χ0v) is 8.56. The highest BCUT2D eigenvalue weighted by molar-refractivity contribution is 14.1. The van der Waals surface area contributed by atoms with Gasteiger partial charge in [-0.2, -0.15) is 0 Å². The molecule has 1 aliphatic carbocycles. The summed E-state index contributed by atoms with van der Waals surface area (Å²) in [5.74, 6) is 0. The van der Waals surface area contributed by atoms with E-state index in [1.165, 1.54) is 18.2 Å². The zero-order valence-electron chi connectivity index (χ0n) is 4.82. The Bertz CT molecular complexity index is 198. The monoisotopic (exact) mass is 320 g/mol. The number of hydrogen-bond donors (Lipinski definition) is 0. The molecule has 0 aromatic carbocycles. The van der Waals surface area contributed by atoms with Gasteiger partial charge in [-0.1, -0.05) is 15.9 Å². The number of alkyl halides is 3. The molecule has 0 spiro atoms. The van der Waals surface area contributed by atoms with Crippen LogP contribution in [0.15, 0.2) is 22.7 Å². The van der Waals surface area contributed by atoms with Crippen molar-refractivity contribution >= 4 is 38.5 Å². The third-order valence-electron chi connectivity index (χ3n) is 1.08. The first-order chi connectivity index (χ1) is 4.51. The summed E-state index contributed by atoms with van der Waals surface area (Å²) in [7, 11) is 0. The van der Waals surface area contributed by atoms with Crippen molar-refractivity contribution in [3.8, 4) is 0 Å². The van der Waals surface area contributed by atoms with E-state index in [-0.39, 0.29) is 4.48 Å². The summed E-state index contributed by atoms with van der Waals surface area (Å²) < 4.78 is 24.2. The molecule has 0 amide bonds. The summed E-state index contributed by atoms with van der Waals surface area (Å²) in [4.78, 5) is 0. The molecule has 56 valence electrons. The van der Waals surface area contributed by atoms with Gasteiger partial charge < -0.3 is 0 Å². The molecule has 0 saturated carbocycles. The highest BCUT2D eigenvalue weighted by Crippen LogP contribution is 2.33. The van der Waals surface area contributed by atoms with Gasteiger partial charge in [-0.3, -0.25) is 0 Å². The van der Waals surface area contributed by atoms with Crippen molar-refractivity contribution in [2.45, 2.75) is 9.85 Å². The van der Waals surface area contributed by atoms with Crippen LogP contribution in [0.3, 0.4) is 0 Å². The third-order valence-corrected chi connectivity index (χ3v) is 2.42. The van der Waals surface area contributed by atoms with Crippen molar-refractivity contribution in [3.05, 3.63) is 22.7 Å². The molecule has 0 aromatic heterocycles. The molecule has 0 heterocycles. The first kappa shape index (κ1) is 8.64. The summed E-state index contributed by atoms with van der Waals surface area (Å²) in [6.07, 6.45) is 2.41. The van der Waals surface area contributed by atoms with Crippen LogP contribution in [0.25, 0.3) is 0 Å². The molecule has 0 nitrogen and oxygen atoms in total. The Balaban J connectivity index is 2.85. The van der Waals surface area contributed by atoms with Gasteiger partial charge in [0, 0.05) is 4.48 Å². The van der Waals surface area contributed by atoms with Gasteiger partial charge in [-0.25, -0.2) is 8.78 Å². The zero-order chi connectivity index (χ0) is 7.78. The van der Waals surface area contributed by atoms with E-state index in [2.05, 4.69) is 15.9 Å². The SMILES string of the molecule is FC1C=CC(F)(I)C=C1Br. The molecule has 0 bridgehead atoms. The molecule has 0 saturated heterocycles. The van der Waals surface area contributed by atoms with Crippen LogP contribution in [-0.4, -0.2) is 9.85 Å². The van der Waals surface area contributed by atoms with Gasteiger partial charge in [0.25, 0.3) is 0 Å². The molecular formula is C6H4BrF2I. The molecule has 0 fully saturated rings. The number of allylic oxidation sites excluding steroid dienone is 4. The van der Waals surface area contributed by atoms with Gasteiger partial charge in [0.1, 0.15) is 6.17 Å². The smallest absolute Gasteiger partial charge is 0.198 e. The quantitative estimate of drug-likeness (QED) is 0.365. The van der Waals surface area contributed by atoms with Crippen LogP contribution in [0.2, 0.25) is 0 Å². The summed E-state index contributed by atoms with van der Waals surface area (Å²) in [6, 6.07) is 0. The van der Waals surface area contributed by atoms with Crippen LogP contribution in [0, 0.1) is 0 Å². The van der Waals surface area contributed by atoms with Crippen LogP contribution >= 0.6 is 38.5 Å². The predicted molar refractivity (Wildman–Crippen MR) is 48.9 cm³/mol. The summed E-state index contributed by atoms with van der Waals surface area (Å²) in [6.45, 7) is 0. The van der Waals surface area contributed by atoms with Crippen molar-refractivity contribution in [3.63, 3.8) is 0 Å². The second kappa shape index (κ2) is 2.89. The van der Waals surface area contributed by atoms with E-state index in [0.29, 0.717) is 0 Å². The Kier molecular flexibility index (Phi) is 2.50. The molecule has 4 heteroatoms. The Labute approximate surface area is 79.6 Å². The normalized spacial score (nSPS) is 39.6. The lowest BCUT2D eigenvalue weighted by atomic mass is 10.2. The van der Waals surface area contributed by atoms with Crippen molar-refractivity contribution in [1.82, 2.24) is 0 Å². The van der Waals surface area contributed by atoms with E-state index in [9.17, 15) is 8.78 Å². The van der Waals surface area contributed by atoms with E-state index in [1.807, 2.05) is 0 Å². The minimum Gasteiger partial charge on any atom is -0.237 e. The molecule has 2 unspecified atom stereocenters. The topological polar surface area (TPSA) is 0 Å². The Morgan fingerprint density at radius 2 is 2.30 bits per heavy atom. The summed E-state index contributed by atoms with van der Waals surface area (Å²) in [5.41, 5.74) is 0. The molecule has 0 N–H and O–H groups in total. The van der Waals surface area contributed by atoms with Crippen LogP contribution in [0.5, 0.6) is 0 Å². The lowest BCUT2D eigenvalue weighted by Crippen LogP contribution is -2.13. The van der Waals surface area contributed by atoms with Gasteiger partial charge in [0.2, 0.25) is 0 Å². The molecule has 2 atom stereocenters. The second-order valence-electron chi connectivity index (χ2n) is 1.96. The van der Waals surface area contributed by atoms with Gasteiger partial charge in [-0.05, 0) is 40.8 Å². The molecule has 0 aromatic rings. The fourth-order valence-corrected chi connectivity index (χ4v) is 2.07. The van der Waals surface area contributed by atoms with Crippen molar-refractivity contribution in [2.75, 3.05) is 0 Å². The van der Waals surface area contributed by atoms with Gasteiger partial charge >= 0.3 is 0 Å². The van der Waals surface area contributed by atoms with Crippen molar-refractivity contribution < 1.29 is 8.78 Å². The maximum Gasteiger partial charge on any atom is 0.198 e. The highest BCUT2D eigenvalue weighted by Gasteiger charge is 2.25. The van der Waals surface area contributed by atoms with Crippen LogP contribution in [-0.2, 0) is 0 Å². The van der Waals surface area contributed by atoms with Gasteiger partial charge in [0.15, 0.2) is 3.68 Å². The van der Waals surface area contributed by atoms with E-state index in [1.54, 1.807) is 22.6 Å². The minimum absolute atomic E-state index is 0.256. The minimum atomic E-state index is -1.53. The molecule has 0 aliphatic heterocycles. The van der Waals surface area contributed by atoms with Crippen LogP contribution < -0.4 is 0 Å². The molecule has 10 heavy (non-hydrogen) atoms. The lowest BCUT2D eigenvalue weighted by molar-refractivity contribution is 0.411. The summed E-state index contributed by atoms with van der Waals surface area (Å²) >= 11 is 4.51. The van der Waals surface area contributed by atoms with Gasteiger partial charge in [-0.15, -0.1) is 0 Å². The Morgan fingerprint density at radius 3 is 2.70 bits per heavy atom. The number of halogens is 4. The summed E-state index contributed by atoms with van der Waals surface area (Å²) in [5, 5.41) is 0.